The number of nitrogens with one attached hydrogen (secondary N) is 2. The standard InChI is InChI=1S/C11H19N3S/c1-8(2)15-10-6-4-9(5-7-10)11(13-3)14-12/h4-8,11,13-14H,12H2,1-3H3. The monoisotopic (exact) mass is 225 g/mol. The molecule has 0 saturated heterocycles. The predicted molar refractivity (Wildman–Crippen MR) is 66.6 cm³/mol. The normalized spacial score (nSPS) is 13.1. The zero-order valence-electron chi connectivity index (χ0n) is 9.45. The third-order valence-electron chi connectivity index (χ3n) is 2.04. The van der Waals surface area contributed by atoms with Crippen LogP contribution in [0.1, 0.15) is 25.6 Å². The van der Waals surface area contributed by atoms with E-state index in [-0.39, 0.29) is 6.17 Å². The van der Waals surface area contributed by atoms with Gasteiger partial charge in [-0.25, -0.2) is 5.43 Å². The molecule has 0 aromatic heterocycles. The highest BCUT2D eigenvalue weighted by Crippen LogP contribution is 2.23. The largest absolute Gasteiger partial charge is 0.300 e. The number of rotatable bonds is 5. The highest BCUT2D eigenvalue weighted by Gasteiger charge is 2.06. The summed E-state index contributed by atoms with van der Waals surface area (Å²) in [6.07, 6.45) is 0.0168. The fourth-order valence-corrected chi connectivity index (χ4v) is 2.19. The van der Waals surface area contributed by atoms with Crippen molar-refractivity contribution < 1.29 is 0 Å². The molecule has 0 spiro atoms. The van der Waals surface area contributed by atoms with E-state index in [2.05, 4.69) is 48.9 Å². The highest BCUT2D eigenvalue weighted by atomic mass is 32.2. The number of hydrazine groups is 1. The summed E-state index contributed by atoms with van der Waals surface area (Å²) in [7, 11) is 1.88. The summed E-state index contributed by atoms with van der Waals surface area (Å²) in [5.41, 5.74) is 3.86. The number of benzene rings is 1. The molecule has 0 saturated carbocycles. The van der Waals surface area contributed by atoms with Crippen molar-refractivity contribution >= 4 is 11.8 Å². The van der Waals surface area contributed by atoms with Crippen LogP contribution in [-0.2, 0) is 0 Å². The maximum Gasteiger partial charge on any atom is 0.0958 e. The summed E-state index contributed by atoms with van der Waals surface area (Å²) in [6.45, 7) is 4.38. The second-order valence-corrected chi connectivity index (χ2v) is 5.27. The van der Waals surface area contributed by atoms with Gasteiger partial charge in [0.25, 0.3) is 0 Å². The summed E-state index contributed by atoms with van der Waals surface area (Å²) in [6, 6.07) is 8.43. The van der Waals surface area contributed by atoms with Crippen LogP contribution in [0.15, 0.2) is 29.2 Å². The molecule has 1 atom stereocenters. The maximum atomic E-state index is 5.42. The van der Waals surface area contributed by atoms with E-state index >= 15 is 0 Å². The summed E-state index contributed by atoms with van der Waals surface area (Å²) >= 11 is 1.86. The fourth-order valence-electron chi connectivity index (χ4n) is 1.36. The van der Waals surface area contributed by atoms with Crippen LogP contribution in [0.3, 0.4) is 0 Å². The fraction of sp³-hybridized carbons (Fsp3) is 0.455. The first-order valence-corrected chi connectivity index (χ1v) is 5.95. The topological polar surface area (TPSA) is 50.1 Å². The Morgan fingerprint density at radius 3 is 2.20 bits per heavy atom. The molecule has 15 heavy (non-hydrogen) atoms. The third kappa shape index (κ3) is 3.83. The van der Waals surface area contributed by atoms with E-state index < -0.39 is 0 Å². The molecule has 1 rings (SSSR count). The van der Waals surface area contributed by atoms with Crippen molar-refractivity contribution in [2.24, 2.45) is 5.84 Å². The average Bonchev–Trinajstić information content (AvgIpc) is 2.21. The molecule has 0 aliphatic rings. The second-order valence-electron chi connectivity index (χ2n) is 3.62. The van der Waals surface area contributed by atoms with Crippen LogP contribution < -0.4 is 16.6 Å². The Kier molecular flexibility index (Phi) is 5.11. The van der Waals surface area contributed by atoms with Crippen molar-refractivity contribution in [1.82, 2.24) is 10.7 Å². The molecular formula is C11H19N3S. The molecule has 1 unspecified atom stereocenters. The quantitative estimate of drug-likeness (QED) is 0.310. The molecule has 4 heteroatoms. The van der Waals surface area contributed by atoms with Crippen molar-refractivity contribution in [3.8, 4) is 0 Å². The molecular weight excluding hydrogens is 206 g/mol. The first kappa shape index (κ1) is 12.5. The van der Waals surface area contributed by atoms with Crippen LogP contribution in [0.4, 0.5) is 0 Å². The molecule has 0 bridgehead atoms. The van der Waals surface area contributed by atoms with Gasteiger partial charge in [-0.15, -0.1) is 11.8 Å². The lowest BCUT2D eigenvalue weighted by Crippen LogP contribution is -2.36. The highest BCUT2D eigenvalue weighted by molar-refractivity contribution is 7.99. The van der Waals surface area contributed by atoms with Gasteiger partial charge in [0.05, 0.1) is 6.17 Å². The van der Waals surface area contributed by atoms with E-state index in [1.54, 1.807) is 0 Å². The van der Waals surface area contributed by atoms with Crippen molar-refractivity contribution in [2.75, 3.05) is 7.05 Å². The predicted octanol–water partition coefficient (Wildman–Crippen LogP) is 1.87. The van der Waals surface area contributed by atoms with Gasteiger partial charge in [-0.3, -0.25) is 5.84 Å². The zero-order chi connectivity index (χ0) is 11.3. The lowest BCUT2D eigenvalue weighted by molar-refractivity contribution is 0.488. The van der Waals surface area contributed by atoms with Gasteiger partial charge < -0.3 is 5.32 Å². The number of hydrogen-bond donors (Lipinski definition) is 3. The van der Waals surface area contributed by atoms with E-state index in [1.807, 2.05) is 18.8 Å². The Morgan fingerprint density at radius 2 is 1.80 bits per heavy atom. The first-order chi connectivity index (χ1) is 7.17. The van der Waals surface area contributed by atoms with Gasteiger partial charge in [-0.05, 0) is 24.7 Å². The Morgan fingerprint density at radius 1 is 1.20 bits per heavy atom. The van der Waals surface area contributed by atoms with Crippen molar-refractivity contribution in [3.05, 3.63) is 29.8 Å². The van der Waals surface area contributed by atoms with Gasteiger partial charge in [0.15, 0.2) is 0 Å². The Balaban J connectivity index is 2.71. The molecule has 1 aromatic carbocycles. The first-order valence-electron chi connectivity index (χ1n) is 5.07. The number of hydrogen-bond acceptors (Lipinski definition) is 4. The van der Waals surface area contributed by atoms with Crippen molar-refractivity contribution in [1.29, 1.82) is 0 Å². The van der Waals surface area contributed by atoms with Crippen LogP contribution in [0, 0.1) is 0 Å². The van der Waals surface area contributed by atoms with E-state index in [4.69, 9.17) is 5.84 Å². The number of thioether (sulfide) groups is 1. The summed E-state index contributed by atoms with van der Waals surface area (Å²) in [4.78, 5) is 1.29. The number of nitrogens with two attached hydrogens (primary N) is 1. The van der Waals surface area contributed by atoms with Gasteiger partial charge in [0, 0.05) is 10.1 Å². The SMILES string of the molecule is CNC(NN)c1ccc(SC(C)C)cc1. The minimum absolute atomic E-state index is 0.0168. The average molecular weight is 225 g/mol. The lowest BCUT2D eigenvalue weighted by Gasteiger charge is -2.15. The molecule has 0 radical (unpaired) electrons. The summed E-state index contributed by atoms with van der Waals surface area (Å²) in [5, 5.41) is 3.70. The molecule has 0 aliphatic heterocycles. The van der Waals surface area contributed by atoms with Crippen molar-refractivity contribution in [3.63, 3.8) is 0 Å². The van der Waals surface area contributed by atoms with Crippen LogP contribution >= 0.6 is 11.8 Å². The molecule has 1 aromatic rings. The maximum absolute atomic E-state index is 5.42. The van der Waals surface area contributed by atoms with Gasteiger partial charge in [-0.1, -0.05) is 26.0 Å². The zero-order valence-corrected chi connectivity index (χ0v) is 10.3. The Labute approximate surface area is 95.8 Å². The van der Waals surface area contributed by atoms with E-state index in [9.17, 15) is 0 Å². The molecule has 3 nitrogen and oxygen atoms in total. The van der Waals surface area contributed by atoms with Crippen LogP contribution in [0.2, 0.25) is 0 Å². The molecule has 0 aliphatic carbocycles. The van der Waals surface area contributed by atoms with E-state index in [0.717, 1.165) is 5.56 Å². The lowest BCUT2D eigenvalue weighted by atomic mass is 10.2. The minimum atomic E-state index is 0.0168. The molecule has 0 amide bonds. The van der Waals surface area contributed by atoms with Crippen LogP contribution in [0.5, 0.6) is 0 Å². The van der Waals surface area contributed by atoms with E-state index in [1.165, 1.54) is 4.90 Å². The third-order valence-corrected chi connectivity index (χ3v) is 3.06. The molecule has 4 N–H and O–H groups in total. The molecule has 84 valence electrons. The van der Waals surface area contributed by atoms with E-state index in [0.29, 0.717) is 5.25 Å². The van der Waals surface area contributed by atoms with Gasteiger partial charge in [0.1, 0.15) is 0 Å². The van der Waals surface area contributed by atoms with Crippen LogP contribution in [-0.4, -0.2) is 12.3 Å². The van der Waals surface area contributed by atoms with Crippen LogP contribution in [0.25, 0.3) is 0 Å². The molecule has 0 heterocycles. The smallest absolute Gasteiger partial charge is 0.0958 e. The van der Waals surface area contributed by atoms with Gasteiger partial charge >= 0.3 is 0 Å². The molecule has 0 fully saturated rings. The van der Waals surface area contributed by atoms with Gasteiger partial charge in [-0.2, -0.15) is 0 Å². The summed E-state index contributed by atoms with van der Waals surface area (Å²) < 4.78 is 0. The Bertz CT molecular complexity index is 280. The second kappa shape index (κ2) is 6.12. The Hall–Kier alpha value is -0.550. The van der Waals surface area contributed by atoms with Crippen molar-refractivity contribution in [2.45, 2.75) is 30.2 Å². The van der Waals surface area contributed by atoms with Gasteiger partial charge in [0.2, 0.25) is 0 Å². The minimum Gasteiger partial charge on any atom is -0.300 e. The summed E-state index contributed by atoms with van der Waals surface area (Å²) in [5.74, 6) is 5.42.